The summed E-state index contributed by atoms with van der Waals surface area (Å²) in [6, 6.07) is 0. The van der Waals surface area contributed by atoms with E-state index >= 15 is 0 Å². The van der Waals surface area contributed by atoms with Crippen LogP contribution in [0.3, 0.4) is 0 Å². The van der Waals surface area contributed by atoms with Crippen molar-refractivity contribution in [3.63, 3.8) is 0 Å². The van der Waals surface area contributed by atoms with Gasteiger partial charge in [0.2, 0.25) is 16.0 Å². The van der Waals surface area contributed by atoms with E-state index in [0.717, 1.165) is 6.26 Å². The molecule has 5 nitrogen and oxygen atoms in total. The third kappa shape index (κ3) is 6.48. The molecule has 0 aromatic rings. The lowest BCUT2D eigenvalue weighted by Crippen LogP contribution is -2.36. The summed E-state index contributed by atoms with van der Waals surface area (Å²) in [5.41, 5.74) is 0. The molecule has 0 spiro atoms. The van der Waals surface area contributed by atoms with Crippen molar-refractivity contribution in [1.29, 1.82) is 0 Å². The molecule has 0 fully saturated rings. The Labute approximate surface area is 70.4 Å². The predicted molar refractivity (Wildman–Crippen MR) is 52.5 cm³/mol. The maximum Gasteiger partial charge on any atom is 0.232 e. The Morgan fingerprint density at radius 3 is 2.45 bits per heavy atom. The van der Waals surface area contributed by atoms with Gasteiger partial charge in [0.05, 0.1) is 6.26 Å². The molecule has 0 aliphatic carbocycles. The number of nitrogens with zero attached hydrogens (tertiary/aromatic N) is 1. The number of aliphatic imine (C=N–C) groups is 1. The number of guanidine groups is 1. The summed E-state index contributed by atoms with van der Waals surface area (Å²) in [5.74, 6) is 0.265. The highest BCUT2D eigenvalue weighted by atomic mass is 32.2. The predicted octanol–water partition coefficient (Wildman–Crippen LogP) is -0.505. The number of rotatable bonds is 2. The first-order valence-electron chi connectivity index (χ1n) is 2.66. The Morgan fingerprint density at radius 1 is 1.64 bits per heavy atom. The Hall–Kier alpha value is 0.0800. The van der Waals surface area contributed by atoms with E-state index < -0.39 is 10.0 Å². The standard InChI is InChI=1S/C3H11N3O2P2S/c1-4-3(5-10-9)6-11(2,7)8/h10H,9H2,1-2H3,(H2,4,5,6). The van der Waals surface area contributed by atoms with E-state index in [1.807, 2.05) is 0 Å². The fourth-order valence-electron chi connectivity index (χ4n) is 0.371. The molecule has 0 aliphatic rings. The van der Waals surface area contributed by atoms with Crippen molar-refractivity contribution in [1.82, 2.24) is 9.81 Å². The van der Waals surface area contributed by atoms with Crippen molar-refractivity contribution in [2.24, 2.45) is 4.99 Å². The minimum Gasteiger partial charge on any atom is -0.334 e. The molecule has 0 heterocycles. The van der Waals surface area contributed by atoms with Gasteiger partial charge in [-0.3, -0.25) is 9.71 Å². The fraction of sp³-hybridized carbons (Fsp3) is 0.667. The highest BCUT2D eigenvalue weighted by Crippen LogP contribution is 2.12. The minimum absolute atomic E-state index is 0.265. The summed E-state index contributed by atoms with van der Waals surface area (Å²) in [7, 11) is 1.06. The molecule has 0 bridgehead atoms. The van der Waals surface area contributed by atoms with Gasteiger partial charge >= 0.3 is 0 Å². The summed E-state index contributed by atoms with van der Waals surface area (Å²) >= 11 is 0. The molecule has 66 valence electrons. The monoisotopic (exact) mass is 215 g/mol. The van der Waals surface area contributed by atoms with Gasteiger partial charge in [0.15, 0.2) is 0 Å². The van der Waals surface area contributed by atoms with Crippen LogP contribution in [-0.4, -0.2) is 27.7 Å². The van der Waals surface area contributed by atoms with Gasteiger partial charge in [0.1, 0.15) is 0 Å². The van der Waals surface area contributed by atoms with E-state index in [-0.39, 0.29) is 5.96 Å². The van der Waals surface area contributed by atoms with E-state index in [1.165, 1.54) is 7.05 Å². The molecule has 2 unspecified atom stereocenters. The summed E-state index contributed by atoms with van der Waals surface area (Å²) in [4.78, 5) is 3.67. The molecular formula is C3H11N3O2P2S. The van der Waals surface area contributed by atoms with Crippen LogP contribution in [0, 0.1) is 0 Å². The van der Waals surface area contributed by atoms with E-state index in [0.29, 0.717) is 8.42 Å². The fourth-order valence-corrected chi connectivity index (χ4v) is 1.68. The van der Waals surface area contributed by atoms with Crippen molar-refractivity contribution in [3.8, 4) is 0 Å². The van der Waals surface area contributed by atoms with E-state index in [2.05, 4.69) is 23.7 Å². The average molecular weight is 215 g/mol. The van der Waals surface area contributed by atoms with Crippen molar-refractivity contribution in [2.45, 2.75) is 0 Å². The van der Waals surface area contributed by atoms with Crippen LogP contribution in [0.15, 0.2) is 4.99 Å². The molecule has 0 rings (SSSR count). The highest BCUT2D eigenvalue weighted by Gasteiger charge is 2.02. The topological polar surface area (TPSA) is 70.6 Å². The van der Waals surface area contributed by atoms with E-state index in [4.69, 9.17) is 0 Å². The lowest BCUT2D eigenvalue weighted by atomic mass is 11.1. The number of hydrogen-bond donors (Lipinski definition) is 2. The minimum atomic E-state index is -3.21. The second-order valence-corrected chi connectivity index (χ2v) is 4.87. The zero-order valence-electron chi connectivity index (χ0n) is 6.25. The van der Waals surface area contributed by atoms with Crippen LogP contribution in [0.5, 0.6) is 0 Å². The number of nitrogens with one attached hydrogen (secondary N) is 2. The van der Waals surface area contributed by atoms with Gasteiger partial charge in [-0.1, -0.05) is 8.93 Å². The molecule has 0 saturated heterocycles. The van der Waals surface area contributed by atoms with E-state index in [1.54, 1.807) is 0 Å². The van der Waals surface area contributed by atoms with Gasteiger partial charge in [-0.2, -0.15) is 0 Å². The van der Waals surface area contributed by atoms with Crippen molar-refractivity contribution >= 4 is 33.3 Å². The van der Waals surface area contributed by atoms with Gasteiger partial charge in [-0.05, 0) is 8.42 Å². The molecule has 0 aromatic carbocycles. The van der Waals surface area contributed by atoms with Gasteiger partial charge in [-0.15, -0.1) is 0 Å². The molecule has 11 heavy (non-hydrogen) atoms. The quantitative estimate of drug-likeness (QED) is 0.370. The Kier molecular flexibility index (Phi) is 4.89. The number of sulfonamides is 1. The first kappa shape index (κ1) is 11.1. The van der Waals surface area contributed by atoms with Crippen molar-refractivity contribution < 1.29 is 8.42 Å². The average Bonchev–Trinajstić information content (AvgIpc) is 1.84. The molecule has 0 aliphatic heterocycles. The van der Waals surface area contributed by atoms with Crippen LogP contribution in [-0.2, 0) is 10.0 Å². The SMILES string of the molecule is CN=C(NPP)NS(C)(=O)=O. The van der Waals surface area contributed by atoms with Gasteiger partial charge in [0.25, 0.3) is 0 Å². The molecular weight excluding hydrogens is 204 g/mol. The second-order valence-electron chi connectivity index (χ2n) is 1.72. The zero-order valence-corrected chi connectivity index (χ0v) is 9.22. The molecule has 8 heteroatoms. The highest BCUT2D eigenvalue weighted by molar-refractivity contribution is 8.02. The first-order chi connectivity index (χ1) is 4.99. The normalized spacial score (nSPS) is 13.9. The molecule has 2 N–H and O–H groups in total. The second kappa shape index (κ2) is 4.86. The maximum absolute atomic E-state index is 10.6. The van der Waals surface area contributed by atoms with Gasteiger partial charge in [-0.25, -0.2) is 8.42 Å². The Bertz CT molecular complexity index is 237. The largest absolute Gasteiger partial charge is 0.334 e. The third-order valence-corrected chi connectivity index (χ3v) is 2.07. The lowest BCUT2D eigenvalue weighted by molar-refractivity contribution is 0.598. The summed E-state index contributed by atoms with van der Waals surface area (Å²) in [6.07, 6.45) is 1.08. The zero-order chi connectivity index (χ0) is 8.91. The van der Waals surface area contributed by atoms with Crippen LogP contribution in [0.25, 0.3) is 0 Å². The summed E-state index contributed by atoms with van der Waals surface area (Å²) in [5, 5.41) is 2.74. The molecule has 2 atom stereocenters. The third-order valence-electron chi connectivity index (χ3n) is 0.696. The molecule has 0 radical (unpaired) electrons. The lowest BCUT2D eigenvalue weighted by Gasteiger charge is -2.06. The van der Waals surface area contributed by atoms with Gasteiger partial charge < -0.3 is 5.09 Å². The number of hydrogen-bond acceptors (Lipinski definition) is 3. The van der Waals surface area contributed by atoms with Crippen LogP contribution >= 0.6 is 17.3 Å². The van der Waals surface area contributed by atoms with Crippen LogP contribution in [0.1, 0.15) is 0 Å². The van der Waals surface area contributed by atoms with E-state index in [9.17, 15) is 8.42 Å². The molecule has 0 amide bonds. The molecule has 0 aromatic heterocycles. The summed E-state index contributed by atoms with van der Waals surface area (Å²) in [6.45, 7) is 0. The first-order valence-corrected chi connectivity index (χ1v) is 7.36. The van der Waals surface area contributed by atoms with Crippen molar-refractivity contribution in [2.75, 3.05) is 13.3 Å². The smallest absolute Gasteiger partial charge is 0.232 e. The van der Waals surface area contributed by atoms with Crippen molar-refractivity contribution in [3.05, 3.63) is 0 Å². The van der Waals surface area contributed by atoms with Crippen LogP contribution in [0.2, 0.25) is 0 Å². The summed E-state index contributed by atoms with van der Waals surface area (Å²) < 4.78 is 23.5. The van der Waals surface area contributed by atoms with Crippen LogP contribution < -0.4 is 9.81 Å². The Balaban J connectivity index is 4.12. The Morgan fingerprint density at radius 2 is 2.18 bits per heavy atom. The van der Waals surface area contributed by atoms with Crippen LogP contribution in [0.4, 0.5) is 0 Å². The van der Waals surface area contributed by atoms with Gasteiger partial charge in [0, 0.05) is 7.05 Å². The molecule has 0 saturated carbocycles. The maximum atomic E-state index is 10.6.